The molecule has 116 valence electrons. The Labute approximate surface area is 134 Å². The quantitative estimate of drug-likeness (QED) is 0.479. The van der Waals surface area contributed by atoms with E-state index in [2.05, 4.69) is 26.3 Å². The second-order valence-corrected chi connectivity index (χ2v) is 5.09. The number of amides is 1. The highest BCUT2D eigenvalue weighted by molar-refractivity contribution is 9.10. The van der Waals surface area contributed by atoms with Crippen molar-refractivity contribution in [2.24, 2.45) is 0 Å². The number of nitrogens with zero attached hydrogens (tertiary/aromatic N) is 3. The maximum Gasteiger partial charge on any atom is 0.433 e. The second kappa shape index (κ2) is 7.03. The van der Waals surface area contributed by atoms with Crippen molar-refractivity contribution in [1.82, 2.24) is 15.1 Å². The number of carbonyl (C=O) groups excluding carboxylic acids is 1. The van der Waals surface area contributed by atoms with Gasteiger partial charge in [-0.05, 0) is 35.0 Å². The average molecular weight is 369 g/mol. The number of furan rings is 1. The first-order valence-electron chi connectivity index (χ1n) is 6.41. The Hall–Kier alpha value is -2.42. The van der Waals surface area contributed by atoms with E-state index < -0.39 is 4.92 Å². The fourth-order valence-electron chi connectivity index (χ4n) is 1.75. The van der Waals surface area contributed by atoms with Gasteiger partial charge in [0.05, 0.1) is 29.0 Å². The number of carbonyl (C=O) groups is 1. The minimum atomic E-state index is -0.638. The lowest BCUT2D eigenvalue weighted by Crippen LogP contribution is -2.22. The minimum Gasteiger partial charge on any atom is -0.401 e. The van der Waals surface area contributed by atoms with Crippen LogP contribution in [0.15, 0.2) is 33.3 Å². The summed E-state index contributed by atoms with van der Waals surface area (Å²) >= 11 is 3.37. The van der Waals surface area contributed by atoms with Gasteiger partial charge in [0.1, 0.15) is 10.7 Å². The Morgan fingerprint density at radius 1 is 1.59 bits per heavy atom. The summed E-state index contributed by atoms with van der Waals surface area (Å²) in [5.41, 5.74) is 0.859. The molecule has 0 atom stereocenters. The molecule has 0 aromatic carbocycles. The van der Waals surface area contributed by atoms with Crippen LogP contribution >= 0.6 is 15.9 Å². The molecule has 1 N–H and O–H groups in total. The first-order valence-corrected chi connectivity index (χ1v) is 7.21. The average Bonchev–Trinajstić information content (AvgIpc) is 3.09. The molecule has 0 aliphatic rings. The van der Waals surface area contributed by atoms with Crippen molar-refractivity contribution in [1.29, 1.82) is 0 Å². The Balaban J connectivity index is 1.93. The van der Waals surface area contributed by atoms with Crippen LogP contribution in [0.4, 0.5) is 5.88 Å². The van der Waals surface area contributed by atoms with Gasteiger partial charge in [0.2, 0.25) is 5.91 Å². The van der Waals surface area contributed by atoms with Gasteiger partial charge in [0.25, 0.3) is 0 Å². The van der Waals surface area contributed by atoms with Gasteiger partial charge in [-0.3, -0.25) is 19.6 Å². The van der Waals surface area contributed by atoms with Gasteiger partial charge < -0.3 is 9.73 Å². The third-order valence-corrected chi connectivity index (χ3v) is 3.48. The van der Waals surface area contributed by atoms with E-state index in [-0.39, 0.29) is 17.6 Å². The molecule has 2 rings (SSSR count). The van der Waals surface area contributed by atoms with Gasteiger partial charge >= 0.3 is 5.88 Å². The Bertz CT molecular complexity index is 719. The molecule has 9 heteroatoms. The lowest BCUT2D eigenvalue weighted by atomic mass is 10.3. The topological polar surface area (TPSA) is 103 Å². The predicted octanol–water partition coefficient (Wildman–Crippen LogP) is 2.50. The summed E-state index contributed by atoms with van der Waals surface area (Å²) < 4.78 is 7.50. The van der Waals surface area contributed by atoms with Crippen molar-refractivity contribution in [3.8, 4) is 0 Å². The standard InChI is InChI=1S/C13H13BrN4O4/c1-2-17-11(10(14)7-16-17)8-15-12(19)5-3-9-4-6-13(22-9)18(20)21/h3-7H,2,8H2,1H3,(H,15,19)/b5-3+. The number of rotatable bonds is 6. The molecule has 0 saturated heterocycles. The normalized spacial score (nSPS) is 11.0. The van der Waals surface area contributed by atoms with Crippen LogP contribution in [0.1, 0.15) is 18.4 Å². The summed E-state index contributed by atoms with van der Waals surface area (Å²) in [4.78, 5) is 21.6. The maximum absolute atomic E-state index is 11.7. The number of nitrogens with one attached hydrogen (secondary N) is 1. The maximum atomic E-state index is 11.7. The van der Waals surface area contributed by atoms with Gasteiger partial charge in [-0.25, -0.2) is 0 Å². The van der Waals surface area contributed by atoms with Crippen molar-refractivity contribution < 1.29 is 14.1 Å². The van der Waals surface area contributed by atoms with E-state index in [1.54, 1.807) is 10.9 Å². The molecule has 2 aromatic rings. The van der Waals surface area contributed by atoms with Gasteiger partial charge in [-0.1, -0.05) is 0 Å². The first-order chi connectivity index (χ1) is 10.5. The largest absolute Gasteiger partial charge is 0.433 e. The van der Waals surface area contributed by atoms with Crippen LogP contribution < -0.4 is 5.32 Å². The van der Waals surface area contributed by atoms with Crippen molar-refractivity contribution in [2.45, 2.75) is 20.0 Å². The smallest absolute Gasteiger partial charge is 0.401 e. The van der Waals surface area contributed by atoms with E-state index in [1.807, 2.05) is 6.92 Å². The van der Waals surface area contributed by atoms with Crippen molar-refractivity contribution in [2.75, 3.05) is 0 Å². The number of hydrogen-bond acceptors (Lipinski definition) is 5. The summed E-state index contributed by atoms with van der Waals surface area (Å²) in [6.45, 7) is 2.97. The highest BCUT2D eigenvalue weighted by Gasteiger charge is 2.11. The Morgan fingerprint density at radius 2 is 2.36 bits per heavy atom. The summed E-state index contributed by atoms with van der Waals surface area (Å²) in [7, 11) is 0. The minimum absolute atomic E-state index is 0.238. The third kappa shape index (κ3) is 3.82. The van der Waals surface area contributed by atoms with Crippen LogP contribution in [0.3, 0.4) is 0 Å². The van der Waals surface area contributed by atoms with E-state index in [1.165, 1.54) is 24.3 Å². The molecule has 22 heavy (non-hydrogen) atoms. The molecule has 0 bridgehead atoms. The van der Waals surface area contributed by atoms with Gasteiger partial charge in [0, 0.05) is 12.6 Å². The van der Waals surface area contributed by atoms with Crippen LogP contribution in [-0.4, -0.2) is 20.6 Å². The van der Waals surface area contributed by atoms with Gasteiger partial charge in [0.15, 0.2) is 0 Å². The monoisotopic (exact) mass is 368 g/mol. The molecule has 0 fully saturated rings. The molecule has 0 saturated carbocycles. The third-order valence-electron chi connectivity index (χ3n) is 2.82. The molecule has 2 aromatic heterocycles. The SMILES string of the molecule is CCn1ncc(Br)c1CNC(=O)/C=C/c1ccc([N+](=O)[O-])o1. The second-order valence-electron chi connectivity index (χ2n) is 4.24. The molecule has 8 nitrogen and oxygen atoms in total. The van der Waals surface area contributed by atoms with Crippen molar-refractivity contribution >= 4 is 33.8 Å². The first kappa shape index (κ1) is 16.0. The molecule has 2 heterocycles. The van der Waals surface area contributed by atoms with E-state index in [9.17, 15) is 14.9 Å². The summed E-state index contributed by atoms with van der Waals surface area (Å²) in [6, 6.07) is 2.65. The zero-order chi connectivity index (χ0) is 16.1. The number of hydrogen-bond donors (Lipinski definition) is 1. The number of aromatic nitrogens is 2. The summed E-state index contributed by atoms with van der Waals surface area (Å²) in [5.74, 6) is -0.465. The van der Waals surface area contributed by atoms with Crippen molar-refractivity contribution in [3.63, 3.8) is 0 Å². The molecule has 0 unspecified atom stereocenters. The number of halogens is 1. The van der Waals surface area contributed by atoms with Gasteiger partial charge in [-0.15, -0.1) is 0 Å². The summed E-state index contributed by atoms with van der Waals surface area (Å²) in [5, 5.41) is 17.3. The Morgan fingerprint density at radius 3 is 3.00 bits per heavy atom. The van der Waals surface area contributed by atoms with Crippen LogP contribution in [0.25, 0.3) is 6.08 Å². The molecule has 0 radical (unpaired) electrons. The van der Waals surface area contributed by atoms with Crippen LogP contribution in [0.2, 0.25) is 0 Å². The fourth-order valence-corrected chi connectivity index (χ4v) is 2.19. The molecule has 0 aliphatic carbocycles. The number of aryl methyl sites for hydroxylation is 1. The lowest BCUT2D eigenvalue weighted by Gasteiger charge is -2.06. The van der Waals surface area contributed by atoms with Crippen LogP contribution in [0, 0.1) is 10.1 Å². The van der Waals surface area contributed by atoms with Crippen LogP contribution in [0.5, 0.6) is 0 Å². The van der Waals surface area contributed by atoms with Crippen molar-refractivity contribution in [3.05, 3.63) is 50.4 Å². The number of nitro groups is 1. The molecular formula is C13H13BrN4O4. The highest BCUT2D eigenvalue weighted by Crippen LogP contribution is 2.17. The van der Waals surface area contributed by atoms with E-state index >= 15 is 0 Å². The molecule has 0 spiro atoms. The lowest BCUT2D eigenvalue weighted by molar-refractivity contribution is -0.402. The molecule has 1 amide bonds. The molecular weight excluding hydrogens is 356 g/mol. The fraction of sp³-hybridized carbons (Fsp3) is 0.231. The Kier molecular flexibility index (Phi) is 5.10. The van der Waals surface area contributed by atoms with E-state index in [0.717, 1.165) is 10.2 Å². The zero-order valence-corrected chi connectivity index (χ0v) is 13.2. The molecule has 0 aliphatic heterocycles. The van der Waals surface area contributed by atoms with E-state index in [0.29, 0.717) is 13.1 Å². The predicted molar refractivity (Wildman–Crippen MR) is 81.8 cm³/mol. The van der Waals surface area contributed by atoms with E-state index in [4.69, 9.17) is 4.42 Å². The highest BCUT2D eigenvalue weighted by atomic mass is 79.9. The van der Waals surface area contributed by atoms with Gasteiger partial charge in [-0.2, -0.15) is 5.10 Å². The zero-order valence-electron chi connectivity index (χ0n) is 11.7. The summed E-state index contributed by atoms with van der Waals surface area (Å²) in [6.07, 6.45) is 4.29. The van der Waals surface area contributed by atoms with Crippen LogP contribution in [-0.2, 0) is 17.9 Å².